The fraction of sp³-hybridized carbons (Fsp3) is 0.375. The van der Waals surface area contributed by atoms with Gasteiger partial charge in [-0.05, 0) is 95.5 Å². The third kappa shape index (κ3) is 8.10. The van der Waals surface area contributed by atoms with Crippen LogP contribution in [-0.2, 0) is 26.2 Å². The molecule has 8 nitrogen and oxygen atoms in total. The molecule has 9 heteroatoms. The van der Waals surface area contributed by atoms with E-state index in [1.807, 2.05) is 59.7 Å². The Bertz CT molecular complexity index is 1490. The number of ether oxygens (including phenoxy) is 1. The summed E-state index contributed by atoms with van der Waals surface area (Å²) in [6.45, 7) is 12.4. The molecule has 1 N–H and O–H groups in total. The Hall–Kier alpha value is -3.85. The molecule has 0 saturated heterocycles. The summed E-state index contributed by atoms with van der Waals surface area (Å²) in [5.74, 6) is -0.241. The van der Waals surface area contributed by atoms with Crippen LogP contribution >= 0.6 is 0 Å². The molecule has 3 aromatic rings. The monoisotopic (exact) mass is 579 g/mol. The van der Waals surface area contributed by atoms with E-state index in [2.05, 4.69) is 5.32 Å². The van der Waals surface area contributed by atoms with Crippen LogP contribution in [0.15, 0.2) is 71.6 Å². The van der Waals surface area contributed by atoms with Gasteiger partial charge in [-0.1, -0.05) is 42.0 Å². The maximum atomic E-state index is 14.1. The van der Waals surface area contributed by atoms with E-state index in [0.717, 1.165) is 21.0 Å². The normalized spacial score (nSPS) is 12.4. The van der Waals surface area contributed by atoms with Crippen LogP contribution in [0.2, 0.25) is 0 Å². The molecule has 220 valence electrons. The predicted molar refractivity (Wildman–Crippen MR) is 163 cm³/mol. The van der Waals surface area contributed by atoms with Gasteiger partial charge in [0.25, 0.3) is 10.0 Å². The SMILES string of the molecule is COc1cccc(CN(C(=O)CN(c2cc(C)ccc2C)S(=O)(=O)c2ccc(C)cc2)[C@@H](C)C(=O)NC(C)(C)C)c1. The summed E-state index contributed by atoms with van der Waals surface area (Å²) in [6.07, 6.45) is 0. The molecule has 0 radical (unpaired) electrons. The van der Waals surface area contributed by atoms with Gasteiger partial charge in [0, 0.05) is 12.1 Å². The van der Waals surface area contributed by atoms with Crippen LogP contribution in [0.5, 0.6) is 5.75 Å². The molecule has 41 heavy (non-hydrogen) atoms. The first-order chi connectivity index (χ1) is 19.1. The van der Waals surface area contributed by atoms with E-state index in [0.29, 0.717) is 17.0 Å². The van der Waals surface area contributed by atoms with Crippen molar-refractivity contribution >= 4 is 27.5 Å². The standard InChI is InChI=1S/C32H41N3O5S/c1-22-13-16-28(17-14-22)41(38,39)35(29-18-23(2)12-15-24(29)3)21-30(36)34(25(4)31(37)33-32(5,6)7)20-26-10-9-11-27(19-26)40-8/h9-19,25H,20-21H2,1-8H3,(H,33,37)/t25-/m0/s1. The number of anilines is 1. The summed E-state index contributed by atoms with van der Waals surface area (Å²) in [7, 11) is -2.58. The summed E-state index contributed by atoms with van der Waals surface area (Å²) >= 11 is 0. The largest absolute Gasteiger partial charge is 0.497 e. The number of nitrogens with one attached hydrogen (secondary N) is 1. The molecule has 0 saturated carbocycles. The van der Waals surface area contributed by atoms with Crippen molar-refractivity contribution in [1.82, 2.24) is 10.2 Å². The summed E-state index contributed by atoms with van der Waals surface area (Å²) in [4.78, 5) is 28.9. The topological polar surface area (TPSA) is 96.0 Å². The molecule has 2 amide bonds. The quantitative estimate of drug-likeness (QED) is 0.359. The Morgan fingerprint density at radius 3 is 2.17 bits per heavy atom. The average molecular weight is 580 g/mol. The Kier molecular flexibility index (Phi) is 9.86. The van der Waals surface area contributed by atoms with Crippen molar-refractivity contribution in [3.05, 3.63) is 89.0 Å². The van der Waals surface area contributed by atoms with Gasteiger partial charge in [-0.2, -0.15) is 0 Å². The van der Waals surface area contributed by atoms with Crippen LogP contribution in [0.4, 0.5) is 5.69 Å². The molecule has 3 aromatic carbocycles. The fourth-order valence-corrected chi connectivity index (χ4v) is 5.83. The van der Waals surface area contributed by atoms with Crippen molar-refractivity contribution in [3.8, 4) is 5.75 Å². The van der Waals surface area contributed by atoms with Gasteiger partial charge in [0.2, 0.25) is 11.8 Å². The summed E-state index contributed by atoms with van der Waals surface area (Å²) < 4.78 is 34.6. The number of hydrogen-bond acceptors (Lipinski definition) is 5. The second-order valence-electron chi connectivity index (χ2n) is 11.4. The molecule has 0 bridgehead atoms. The maximum Gasteiger partial charge on any atom is 0.264 e. The van der Waals surface area contributed by atoms with Crippen LogP contribution in [0, 0.1) is 20.8 Å². The number of hydrogen-bond donors (Lipinski definition) is 1. The highest BCUT2D eigenvalue weighted by molar-refractivity contribution is 7.92. The highest BCUT2D eigenvalue weighted by Crippen LogP contribution is 2.29. The molecule has 0 aliphatic rings. The van der Waals surface area contributed by atoms with Crippen LogP contribution < -0.4 is 14.4 Å². The summed E-state index contributed by atoms with van der Waals surface area (Å²) in [5, 5.41) is 2.94. The molecular formula is C32H41N3O5S. The van der Waals surface area contributed by atoms with Crippen molar-refractivity contribution in [2.75, 3.05) is 18.0 Å². The highest BCUT2D eigenvalue weighted by Gasteiger charge is 2.34. The van der Waals surface area contributed by atoms with Crippen molar-refractivity contribution in [2.24, 2.45) is 0 Å². The number of methoxy groups -OCH3 is 1. The number of rotatable bonds is 10. The van der Waals surface area contributed by atoms with Crippen LogP contribution in [0.25, 0.3) is 0 Å². The van der Waals surface area contributed by atoms with E-state index >= 15 is 0 Å². The minimum absolute atomic E-state index is 0.0784. The first-order valence-electron chi connectivity index (χ1n) is 13.5. The molecule has 0 heterocycles. The fourth-order valence-electron chi connectivity index (χ4n) is 4.36. The molecule has 0 aliphatic carbocycles. The van der Waals surface area contributed by atoms with Crippen LogP contribution in [0.1, 0.15) is 49.9 Å². The number of carbonyl (C=O) groups excluding carboxylic acids is 2. The van der Waals surface area contributed by atoms with Crippen molar-refractivity contribution in [3.63, 3.8) is 0 Å². The Labute approximate surface area is 244 Å². The third-order valence-corrected chi connectivity index (χ3v) is 8.45. The molecule has 3 rings (SSSR count). The molecule has 0 spiro atoms. The zero-order chi connectivity index (χ0) is 30.5. The second kappa shape index (κ2) is 12.8. The predicted octanol–water partition coefficient (Wildman–Crippen LogP) is 5.15. The van der Waals surface area contributed by atoms with Gasteiger partial charge in [-0.3, -0.25) is 13.9 Å². The van der Waals surface area contributed by atoms with E-state index in [1.165, 1.54) is 4.90 Å². The lowest BCUT2D eigenvalue weighted by molar-refractivity contribution is -0.140. The summed E-state index contributed by atoms with van der Waals surface area (Å²) in [6, 6.07) is 18.4. The van der Waals surface area contributed by atoms with E-state index in [9.17, 15) is 18.0 Å². The van der Waals surface area contributed by atoms with E-state index in [-0.39, 0.29) is 17.3 Å². The lowest BCUT2D eigenvalue weighted by Crippen LogP contribution is -2.54. The van der Waals surface area contributed by atoms with Gasteiger partial charge < -0.3 is 15.0 Å². The number of aryl methyl sites for hydroxylation is 3. The highest BCUT2D eigenvalue weighted by atomic mass is 32.2. The minimum atomic E-state index is -4.13. The number of nitrogens with zero attached hydrogens (tertiary/aromatic N) is 2. The Morgan fingerprint density at radius 1 is 0.927 bits per heavy atom. The van der Waals surface area contributed by atoms with Crippen molar-refractivity contribution < 1.29 is 22.7 Å². The average Bonchev–Trinajstić information content (AvgIpc) is 2.90. The number of amides is 2. The Balaban J connectivity index is 2.09. The van der Waals surface area contributed by atoms with E-state index in [1.54, 1.807) is 62.6 Å². The van der Waals surface area contributed by atoms with E-state index < -0.39 is 34.1 Å². The molecule has 0 aromatic heterocycles. The summed E-state index contributed by atoms with van der Waals surface area (Å²) in [5.41, 5.74) is 3.11. The van der Waals surface area contributed by atoms with Gasteiger partial charge in [-0.25, -0.2) is 8.42 Å². The number of sulfonamides is 1. The molecular weight excluding hydrogens is 538 g/mol. The van der Waals surface area contributed by atoms with Gasteiger partial charge in [0.1, 0.15) is 18.3 Å². The lowest BCUT2D eigenvalue weighted by atomic mass is 10.1. The first-order valence-corrected chi connectivity index (χ1v) is 15.0. The van der Waals surface area contributed by atoms with Crippen molar-refractivity contribution in [1.29, 1.82) is 0 Å². The molecule has 0 aliphatic heterocycles. The second-order valence-corrected chi connectivity index (χ2v) is 13.3. The maximum absolute atomic E-state index is 14.1. The smallest absolute Gasteiger partial charge is 0.264 e. The Morgan fingerprint density at radius 2 is 1.56 bits per heavy atom. The van der Waals surface area contributed by atoms with Crippen molar-refractivity contribution in [2.45, 2.75) is 71.5 Å². The molecule has 0 fully saturated rings. The molecule has 0 unspecified atom stereocenters. The number of carbonyl (C=O) groups is 2. The number of benzene rings is 3. The zero-order valence-electron chi connectivity index (χ0n) is 25.2. The van der Waals surface area contributed by atoms with Crippen LogP contribution in [-0.4, -0.2) is 50.4 Å². The van der Waals surface area contributed by atoms with E-state index in [4.69, 9.17) is 4.74 Å². The minimum Gasteiger partial charge on any atom is -0.497 e. The van der Waals surface area contributed by atoms with Gasteiger partial charge in [0.05, 0.1) is 17.7 Å². The van der Waals surface area contributed by atoms with Gasteiger partial charge in [0.15, 0.2) is 0 Å². The van der Waals surface area contributed by atoms with Gasteiger partial charge >= 0.3 is 0 Å². The molecule has 1 atom stereocenters. The van der Waals surface area contributed by atoms with Crippen LogP contribution in [0.3, 0.4) is 0 Å². The van der Waals surface area contributed by atoms with Gasteiger partial charge in [-0.15, -0.1) is 0 Å². The third-order valence-electron chi connectivity index (χ3n) is 6.67. The lowest BCUT2D eigenvalue weighted by Gasteiger charge is -2.34. The zero-order valence-corrected chi connectivity index (χ0v) is 26.0. The first kappa shape index (κ1) is 31.7.